The molecule has 3 heteroatoms. The molecule has 0 amide bonds. The van der Waals surface area contributed by atoms with Crippen molar-refractivity contribution in [3.05, 3.63) is 66.2 Å². The highest BCUT2D eigenvalue weighted by atomic mass is 16.1. The van der Waals surface area contributed by atoms with Crippen LogP contribution in [0.3, 0.4) is 0 Å². The Hall–Kier alpha value is -2.13. The summed E-state index contributed by atoms with van der Waals surface area (Å²) in [5, 5.41) is 0. The van der Waals surface area contributed by atoms with E-state index in [2.05, 4.69) is 40.1 Å². The molecule has 4 rings (SSSR count). The molecule has 2 aliphatic heterocycles. The number of rotatable bonds is 4. The zero-order valence-electron chi connectivity index (χ0n) is 14.7. The molecule has 2 fully saturated rings. The van der Waals surface area contributed by atoms with E-state index in [1.54, 1.807) is 0 Å². The highest BCUT2D eigenvalue weighted by molar-refractivity contribution is 5.98. The Bertz CT molecular complexity index is 700. The molecule has 0 aliphatic carbocycles. The summed E-state index contributed by atoms with van der Waals surface area (Å²) in [5.41, 5.74) is 2.19. The van der Waals surface area contributed by atoms with E-state index in [1.807, 2.05) is 30.3 Å². The van der Waals surface area contributed by atoms with E-state index in [4.69, 9.17) is 0 Å². The van der Waals surface area contributed by atoms with Crippen LogP contribution in [0.1, 0.15) is 29.6 Å². The summed E-state index contributed by atoms with van der Waals surface area (Å²) < 4.78 is 0. The normalized spacial score (nSPS) is 24.4. The van der Waals surface area contributed by atoms with Crippen molar-refractivity contribution < 1.29 is 4.79 Å². The number of hydrogen-bond donors (Lipinski definition) is 0. The van der Waals surface area contributed by atoms with Gasteiger partial charge in [-0.25, -0.2) is 0 Å². The van der Waals surface area contributed by atoms with Crippen LogP contribution in [-0.2, 0) is 0 Å². The van der Waals surface area contributed by atoms with Crippen molar-refractivity contribution in [1.29, 1.82) is 0 Å². The van der Waals surface area contributed by atoms with Gasteiger partial charge < -0.3 is 4.90 Å². The lowest BCUT2D eigenvalue weighted by atomic mass is 9.89. The van der Waals surface area contributed by atoms with Crippen LogP contribution in [0.25, 0.3) is 0 Å². The number of hydrogen-bond acceptors (Lipinski definition) is 3. The quantitative estimate of drug-likeness (QED) is 0.793. The Morgan fingerprint density at radius 3 is 2.32 bits per heavy atom. The zero-order chi connectivity index (χ0) is 17.1. The smallest absolute Gasteiger partial charge is 0.167 e. The predicted molar refractivity (Wildman–Crippen MR) is 102 cm³/mol. The van der Waals surface area contributed by atoms with Crippen LogP contribution >= 0.6 is 0 Å². The van der Waals surface area contributed by atoms with Crippen molar-refractivity contribution in [3.63, 3.8) is 0 Å². The van der Waals surface area contributed by atoms with Crippen LogP contribution in [0.15, 0.2) is 60.7 Å². The van der Waals surface area contributed by atoms with Gasteiger partial charge in [0.05, 0.1) is 0 Å². The second kappa shape index (κ2) is 7.40. The number of carbonyl (C=O) groups excluding carboxylic acids is 1. The third kappa shape index (κ3) is 3.62. The van der Waals surface area contributed by atoms with Gasteiger partial charge in [0.2, 0.25) is 0 Å². The number of benzene rings is 2. The van der Waals surface area contributed by atoms with Gasteiger partial charge in [-0.3, -0.25) is 9.69 Å². The lowest BCUT2D eigenvalue weighted by Crippen LogP contribution is -2.45. The molecule has 3 nitrogen and oxygen atoms in total. The van der Waals surface area contributed by atoms with Gasteiger partial charge in [0.25, 0.3) is 0 Å². The predicted octanol–water partition coefficient (Wildman–Crippen LogP) is 3.86. The molecule has 2 aromatic carbocycles. The van der Waals surface area contributed by atoms with E-state index in [9.17, 15) is 4.79 Å². The summed E-state index contributed by atoms with van der Waals surface area (Å²) in [6, 6.07) is 21.1. The number of likely N-dealkylation sites (tertiary alicyclic amines) is 1. The van der Waals surface area contributed by atoms with Gasteiger partial charge in [-0.2, -0.15) is 0 Å². The molecule has 0 aromatic heterocycles. The molecule has 2 aliphatic rings. The maximum absolute atomic E-state index is 12.8. The molecule has 0 N–H and O–H groups in total. The maximum Gasteiger partial charge on any atom is 0.167 e. The molecule has 0 bridgehead atoms. The summed E-state index contributed by atoms with van der Waals surface area (Å²) in [7, 11) is 0. The van der Waals surface area contributed by atoms with Crippen LogP contribution in [0.2, 0.25) is 0 Å². The van der Waals surface area contributed by atoms with E-state index in [0.717, 1.165) is 44.6 Å². The Morgan fingerprint density at radius 2 is 1.56 bits per heavy atom. The van der Waals surface area contributed by atoms with Crippen molar-refractivity contribution in [2.45, 2.75) is 25.3 Å². The lowest BCUT2D eigenvalue weighted by molar-refractivity contribution is 0.0770. The monoisotopic (exact) mass is 334 g/mol. The fourth-order valence-corrected chi connectivity index (χ4v) is 4.30. The average Bonchev–Trinajstić information content (AvgIpc) is 3.19. The van der Waals surface area contributed by atoms with E-state index in [-0.39, 0.29) is 5.92 Å². The number of para-hydroxylation sites is 1. The SMILES string of the molecule is O=C(c1ccccc1)[C@H]1CCCN([C@H]2CCN(c3ccccc3)C2)C1. The maximum atomic E-state index is 12.8. The number of anilines is 1. The molecular weight excluding hydrogens is 308 g/mol. The summed E-state index contributed by atoms with van der Waals surface area (Å²) >= 11 is 0. The van der Waals surface area contributed by atoms with Crippen molar-refractivity contribution >= 4 is 11.5 Å². The Balaban J connectivity index is 1.39. The highest BCUT2D eigenvalue weighted by Gasteiger charge is 2.33. The van der Waals surface area contributed by atoms with Crippen molar-refractivity contribution in [3.8, 4) is 0 Å². The van der Waals surface area contributed by atoms with Gasteiger partial charge >= 0.3 is 0 Å². The van der Waals surface area contributed by atoms with Crippen LogP contribution in [0.5, 0.6) is 0 Å². The second-order valence-corrected chi connectivity index (χ2v) is 7.29. The summed E-state index contributed by atoms with van der Waals surface area (Å²) in [6.45, 7) is 4.24. The average molecular weight is 334 g/mol. The van der Waals surface area contributed by atoms with E-state index >= 15 is 0 Å². The van der Waals surface area contributed by atoms with E-state index < -0.39 is 0 Å². The largest absolute Gasteiger partial charge is 0.370 e. The van der Waals surface area contributed by atoms with Crippen LogP contribution in [-0.4, -0.2) is 42.9 Å². The van der Waals surface area contributed by atoms with Gasteiger partial charge in [-0.15, -0.1) is 0 Å². The fraction of sp³-hybridized carbons (Fsp3) is 0.409. The first kappa shape index (κ1) is 16.3. The number of piperidine rings is 1. The van der Waals surface area contributed by atoms with Gasteiger partial charge in [0.1, 0.15) is 0 Å². The molecule has 25 heavy (non-hydrogen) atoms. The van der Waals surface area contributed by atoms with Crippen LogP contribution in [0.4, 0.5) is 5.69 Å². The topological polar surface area (TPSA) is 23.6 Å². The Kier molecular flexibility index (Phi) is 4.84. The lowest BCUT2D eigenvalue weighted by Gasteiger charge is -2.36. The minimum atomic E-state index is 0.155. The number of nitrogens with zero attached hydrogens (tertiary/aromatic N) is 2. The third-order valence-electron chi connectivity index (χ3n) is 5.68. The minimum Gasteiger partial charge on any atom is -0.370 e. The van der Waals surface area contributed by atoms with E-state index in [1.165, 1.54) is 12.1 Å². The second-order valence-electron chi connectivity index (χ2n) is 7.29. The number of ketones is 1. The van der Waals surface area contributed by atoms with Gasteiger partial charge in [0.15, 0.2) is 5.78 Å². The molecule has 0 radical (unpaired) electrons. The van der Waals surface area contributed by atoms with Gasteiger partial charge in [-0.05, 0) is 37.9 Å². The van der Waals surface area contributed by atoms with Crippen molar-refractivity contribution in [1.82, 2.24) is 4.90 Å². The van der Waals surface area contributed by atoms with Crippen LogP contribution in [0, 0.1) is 5.92 Å². The van der Waals surface area contributed by atoms with Gasteiger partial charge in [-0.1, -0.05) is 48.5 Å². The molecule has 2 saturated heterocycles. The summed E-state index contributed by atoms with van der Waals surface area (Å²) in [4.78, 5) is 17.9. The number of Topliss-reactive ketones (excluding diaryl/α,β-unsaturated/α-hetero) is 1. The molecule has 2 aromatic rings. The van der Waals surface area contributed by atoms with Crippen molar-refractivity contribution in [2.24, 2.45) is 5.92 Å². The first-order valence-corrected chi connectivity index (χ1v) is 9.44. The standard InChI is InChI=1S/C22H26N2O/c25-22(18-8-3-1-4-9-18)19-10-7-14-23(16-19)21-13-15-24(17-21)20-11-5-2-6-12-20/h1-6,8-9,11-12,19,21H,7,10,13-17H2/t19-,21-/m0/s1. The Labute approximate surface area is 150 Å². The summed E-state index contributed by atoms with van der Waals surface area (Å²) in [5.74, 6) is 0.477. The molecule has 2 heterocycles. The molecule has 130 valence electrons. The molecule has 0 saturated carbocycles. The van der Waals surface area contributed by atoms with Gasteiger partial charge in [0, 0.05) is 42.8 Å². The number of carbonyl (C=O) groups is 1. The van der Waals surface area contributed by atoms with Crippen molar-refractivity contribution in [2.75, 3.05) is 31.1 Å². The Morgan fingerprint density at radius 1 is 0.840 bits per heavy atom. The summed E-state index contributed by atoms with van der Waals surface area (Å²) in [6.07, 6.45) is 3.35. The zero-order valence-corrected chi connectivity index (χ0v) is 14.7. The van der Waals surface area contributed by atoms with E-state index in [0.29, 0.717) is 11.8 Å². The highest BCUT2D eigenvalue weighted by Crippen LogP contribution is 2.27. The molecule has 0 spiro atoms. The first-order chi connectivity index (χ1) is 12.3. The minimum absolute atomic E-state index is 0.155. The molecule has 2 atom stereocenters. The fourth-order valence-electron chi connectivity index (χ4n) is 4.30. The molecular formula is C22H26N2O. The third-order valence-corrected chi connectivity index (χ3v) is 5.68. The molecule has 0 unspecified atom stereocenters. The van der Waals surface area contributed by atoms with Crippen LogP contribution < -0.4 is 4.90 Å². The first-order valence-electron chi connectivity index (χ1n) is 9.44.